The molecule has 4 nitrogen and oxygen atoms in total. The van der Waals surface area contributed by atoms with E-state index in [9.17, 15) is 8.42 Å². The number of benzene rings is 1. The van der Waals surface area contributed by atoms with E-state index in [4.69, 9.17) is 17.3 Å². The molecule has 0 amide bonds. The average Bonchev–Trinajstić information content (AvgIpc) is 2.92. The van der Waals surface area contributed by atoms with Crippen LogP contribution in [-0.2, 0) is 23.0 Å². The van der Waals surface area contributed by atoms with Crippen LogP contribution in [-0.4, -0.2) is 15.0 Å². The van der Waals surface area contributed by atoms with E-state index in [0.717, 1.165) is 4.88 Å². The van der Waals surface area contributed by atoms with Crippen LogP contribution in [0.3, 0.4) is 0 Å². The largest absolute Gasteiger partial charge is 0.326 e. The molecule has 1 aromatic carbocycles. The van der Waals surface area contributed by atoms with Crippen LogP contribution in [0.4, 0.5) is 0 Å². The van der Waals surface area contributed by atoms with Crippen molar-refractivity contribution in [2.45, 2.75) is 17.9 Å². The number of nitrogens with one attached hydrogen (secondary N) is 1. The second-order valence-corrected chi connectivity index (χ2v) is 7.39. The zero-order valence-corrected chi connectivity index (χ0v) is 13.1. The molecule has 0 aliphatic rings. The van der Waals surface area contributed by atoms with Gasteiger partial charge in [-0.15, -0.1) is 11.3 Å². The molecular weight excluding hydrogens is 316 g/mol. The Bertz CT molecular complexity index is 670. The molecule has 1 aromatic heterocycles. The van der Waals surface area contributed by atoms with E-state index in [-0.39, 0.29) is 11.4 Å². The van der Waals surface area contributed by atoms with Gasteiger partial charge >= 0.3 is 0 Å². The van der Waals surface area contributed by atoms with Crippen molar-refractivity contribution in [3.63, 3.8) is 0 Å². The molecular formula is C13H15ClN2O2S2. The maximum atomic E-state index is 12.1. The van der Waals surface area contributed by atoms with Crippen molar-refractivity contribution in [3.05, 3.63) is 51.2 Å². The fourth-order valence-corrected chi connectivity index (χ4v) is 3.71. The number of sulfonamides is 1. The van der Waals surface area contributed by atoms with E-state index in [2.05, 4.69) is 4.72 Å². The van der Waals surface area contributed by atoms with E-state index in [0.29, 0.717) is 23.6 Å². The molecule has 0 saturated heterocycles. The minimum absolute atomic E-state index is 0.188. The molecule has 7 heteroatoms. The van der Waals surface area contributed by atoms with Gasteiger partial charge in [0.2, 0.25) is 10.0 Å². The molecule has 0 spiro atoms. The molecule has 3 N–H and O–H groups in total. The highest BCUT2D eigenvalue weighted by Crippen LogP contribution is 2.20. The Morgan fingerprint density at radius 1 is 1.30 bits per heavy atom. The summed E-state index contributed by atoms with van der Waals surface area (Å²) in [5, 5.41) is 2.45. The van der Waals surface area contributed by atoms with Gasteiger partial charge in [-0.25, -0.2) is 13.1 Å². The Labute approximate surface area is 127 Å². The van der Waals surface area contributed by atoms with Crippen LogP contribution < -0.4 is 10.5 Å². The first kappa shape index (κ1) is 15.5. The molecule has 0 fully saturated rings. The van der Waals surface area contributed by atoms with E-state index in [1.165, 1.54) is 12.1 Å². The number of nitrogens with two attached hydrogens (primary N) is 1. The molecule has 0 radical (unpaired) electrons. The molecule has 1 heterocycles. The van der Waals surface area contributed by atoms with Crippen LogP contribution >= 0.6 is 22.9 Å². The van der Waals surface area contributed by atoms with Crippen LogP contribution in [0.1, 0.15) is 10.4 Å². The maximum absolute atomic E-state index is 12.1. The number of halogens is 1. The van der Waals surface area contributed by atoms with Crippen molar-refractivity contribution in [2.24, 2.45) is 5.73 Å². The Morgan fingerprint density at radius 2 is 2.10 bits per heavy atom. The summed E-state index contributed by atoms with van der Waals surface area (Å²) < 4.78 is 26.9. The van der Waals surface area contributed by atoms with E-state index < -0.39 is 10.0 Å². The predicted octanol–water partition coefficient (Wildman–Crippen LogP) is 2.38. The number of hydrogen-bond donors (Lipinski definition) is 2. The fraction of sp³-hybridized carbons (Fsp3) is 0.231. The first-order chi connectivity index (χ1) is 9.53. The first-order valence-electron chi connectivity index (χ1n) is 6.03. The van der Waals surface area contributed by atoms with Gasteiger partial charge in [0.1, 0.15) is 0 Å². The van der Waals surface area contributed by atoms with Gasteiger partial charge in [-0.2, -0.15) is 0 Å². The Hall–Kier alpha value is -0.920. The van der Waals surface area contributed by atoms with Gasteiger partial charge < -0.3 is 5.73 Å². The molecule has 2 aromatic rings. The highest BCUT2D eigenvalue weighted by molar-refractivity contribution is 7.89. The van der Waals surface area contributed by atoms with Crippen molar-refractivity contribution in [1.29, 1.82) is 0 Å². The Balaban J connectivity index is 2.06. The van der Waals surface area contributed by atoms with Gasteiger partial charge in [-0.3, -0.25) is 0 Å². The topological polar surface area (TPSA) is 72.2 Å². The normalized spacial score (nSPS) is 11.7. The van der Waals surface area contributed by atoms with E-state index in [1.54, 1.807) is 17.4 Å². The molecule has 0 atom stereocenters. The molecule has 0 aliphatic carbocycles. The van der Waals surface area contributed by atoms with Crippen molar-refractivity contribution in [3.8, 4) is 0 Å². The lowest BCUT2D eigenvalue weighted by molar-refractivity contribution is 0.581. The van der Waals surface area contributed by atoms with Gasteiger partial charge in [0.25, 0.3) is 0 Å². The van der Waals surface area contributed by atoms with Gasteiger partial charge in [-0.1, -0.05) is 17.7 Å². The van der Waals surface area contributed by atoms with Crippen LogP contribution in [0.15, 0.2) is 40.6 Å². The number of rotatable bonds is 6. The number of hydrogen-bond acceptors (Lipinski definition) is 4. The van der Waals surface area contributed by atoms with Gasteiger partial charge in [0, 0.05) is 23.0 Å². The quantitative estimate of drug-likeness (QED) is 0.854. The van der Waals surface area contributed by atoms with Crippen molar-refractivity contribution in [1.82, 2.24) is 4.72 Å². The molecule has 2 rings (SSSR count). The summed E-state index contributed by atoms with van der Waals surface area (Å²) in [5.41, 5.74) is 6.15. The summed E-state index contributed by atoms with van der Waals surface area (Å²) in [7, 11) is -3.52. The van der Waals surface area contributed by atoms with Crippen LogP contribution in [0.2, 0.25) is 5.02 Å². The van der Waals surface area contributed by atoms with Crippen LogP contribution in [0.25, 0.3) is 0 Å². The van der Waals surface area contributed by atoms with Crippen molar-refractivity contribution >= 4 is 33.0 Å². The molecule has 0 bridgehead atoms. The Morgan fingerprint density at radius 3 is 2.75 bits per heavy atom. The van der Waals surface area contributed by atoms with E-state index in [1.807, 2.05) is 17.5 Å². The zero-order valence-electron chi connectivity index (χ0n) is 10.7. The predicted molar refractivity (Wildman–Crippen MR) is 82.6 cm³/mol. The summed E-state index contributed by atoms with van der Waals surface area (Å²) >= 11 is 7.53. The third-order valence-electron chi connectivity index (χ3n) is 2.79. The highest BCUT2D eigenvalue weighted by atomic mass is 35.5. The third kappa shape index (κ3) is 3.80. The van der Waals surface area contributed by atoms with Gasteiger partial charge in [0.15, 0.2) is 0 Å². The minimum Gasteiger partial charge on any atom is -0.326 e. The summed E-state index contributed by atoms with van der Waals surface area (Å²) in [4.78, 5) is 1.33. The van der Waals surface area contributed by atoms with Gasteiger partial charge in [0.05, 0.1) is 4.90 Å². The van der Waals surface area contributed by atoms with E-state index >= 15 is 0 Å². The average molecular weight is 331 g/mol. The third-order valence-corrected chi connectivity index (χ3v) is 5.55. The summed E-state index contributed by atoms with van der Waals surface area (Å²) in [6.07, 6.45) is 0.675. The smallest absolute Gasteiger partial charge is 0.240 e. The standard InChI is InChI=1S/C13H15ClN2O2S2/c14-13-4-3-12(8-10(13)9-15)20(17,18)16-6-5-11-2-1-7-19-11/h1-4,7-8,16H,5-6,9,15H2. The summed E-state index contributed by atoms with van der Waals surface area (Å²) in [6.45, 7) is 0.570. The first-order valence-corrected chi connectivity index (χ1v) is 8.77. The lowest BCUT2D eigenvalue weighted by atomic mass is 10.2. The lowest BCUT2D eigenvalue weighted by Crippen LogP contribution is -2.26. The summed E-state index contributed by atoms with van der Waals surface area (Å²) in [5.74, 6) is 0. The molecule has 20 heavy (non-hydrogen) atoms. The fourth-order valence-electron chi connectivity index (χ4n) is 1.72. The number of thiophene rings is 1. The lowest BCUT2D eigenvalue weighted by Gasteiger charge is -2.08. The molecule has 108 valence electrons. The van der Waals surface area contributed by atoms with Crippen molar-refractivity contribution in [2.75, 3.05) is 6.54 Å². The van der Waals surface area contributed by atoms with Crippen molar-refractivity contribution < 1.29 is 8.42 Å². The minimum atomic E-state index is -3.52. The zero-order chi connectivity index (χ0) is 14.6. The van der Waals surface area contributed by atoms with Gasteiger partial charge in [-0.05, 0) is 41.6 Å². The summed E-state index contributed by atoms with van der Waals surface area (Å²) in [6, 6.07) is 8.47. The second kappa shape index (κ2) is 6.69. The SMILES string of the molecule is NCc1cc(S(=O)(=O)NCCc2cccs2)ccc1Cl. The highest BCUT2D eigenvalue weighted by Gasteiger charge is 2.15. The second-order valence-electron chi connectivity index (χ2n) is 4.18. The molecule has 0 saturated carbocycles. The Kier molecular flexibility index (Phi) is 5.17. The van der Waals surface area contributed by atoms with Crippen LogP contribution in [0.5, 0.6) is 0 Å². The molecule has 0 aliphatic heterocycles. The molecule has 0 unspecified atom stereocenters. The maximum Gasteiger partial charge on any atom is 0.240 e. The monoisotopic (exact) mass is 330 g/mol. The van der Waals surface area contributed by atoms with Crippen LogP contribution in [0, 0.1) is 0 Å².